The Kier molecular flexibility index (Phi) is 2.49. The lowest BCUT2D eigenvalue weighted by atomic mass is 10.1. The predicted octanol–water partition coefficient (Wildman–Crippen LogP) is 0.909. The van der Waals surface area contributed by atoms with Crippen LogP contribution in [0.15, 0.2) is 23.1 Å². The Balaban J connectivity index is 3.13. The molecule has 0 amide bonds. The second-order valence-electron chi connectivity index (χ2n) is 3.60. The number of hydrogen-bond acceptors (Lipinski definition) is 6. The largest absolute Gasteiger partial charge is 0.508 e. The molecular formula is C10H8O7S. The molecule has 0 radical (unpaired) electrons. The normalized spacial score (nSPS) is 11.8. The van der Waals surface area contributed by atoms with Gasteiger partial charge in [-0.2, -0.15) is 8.42 Å². The van der Waals surface area contributed by atoms with E-state index in [-0.39, 0.29) is 5.39 Å². The average Bonchev–Trinajstić information content (AvgIpc) is 2.23. The molecule has 96 valence electrons. The van der Waals surface area contributed by atoms with Gasteiger partial charge < -0.3 is 20.4 Å². The second-order valence-corrected chi connectivity index (χ2v) is 4.99. The minimum absolute atomic E-state index is 0.224. The third kappa shape index (κ3) is 1.77. The van der Waals surface area contributed by atoms with Crippen molar-refractivity contribution in [3.8, 4) is 23.0 Å². The fourth-order valence-corrected chi connectivity index (χ4v) is 2.39. The Labute approximate surface area is 101 Å². The first-order valence-corrected chi connectivity index (χ1v) is 6.04. The van der Waals surface area contributed by atoms with Gasteiger partial charge in [0.05, 0.1) is 5.39 Å². The van der Waals surface area contributed by atoms with E-state index in [2.05, 4.69) is 0 Å². The first kappa shape index (κ1) is 12.3. The molecule has 0 unspecified atom stereocenters. The van der Waals surface area contributed by atoms with E-state index in [1.807, 2.05) is 0 Å². The molecule has 7 nitrogen and oxygen atoms in total. The average molecular weight is 272 g/mol. The Morgan fingerprint density at radius 3 is 2.06 bits per heavy atom. The van der Waals surface area contributed by atoms with Crippen molar-refractivity contribution in [1.29, 1.82) is 0 Å². The summed E-state index contributed by atoms with van der Waals surface area (Å²) in [5.41, 5.74) is 0. The minimum atomic E-state index is -4.75. The van der Waals surface area contributed by atoms with Crippen molar-refractivity contribution in [2.75, 3.05) is 0 Å². The lowest BCUT2D eigenvalue weighted by molar-refractivity contribution is 0.401. The summed E-state index contributed by atoms with van der Waals surface area (Å²) in [4.78, 5) is -0.818. The Hall–Kier alpha value is -2.19. The maximum atomic E-state index is 11.1. The molecule has 2 aromatic rings. The Bertz CT molecular complexity index is 749. The first-order valence-electron chi connectivity index (χ1n) is 4.60. The molecule has 0 atom stereocenters. The monoisotopic (exact) mass is 272 g/mol. The summed E-state index contributed by atoms with van der Waals surface area (Å²) in [5, 5.41) is 37.1. The van der Waals surface area contributed by atoms with Crippen molar-refractivity contribution < 1.29 is 33.4 Å². The van der Waals surface area contributed by atoms with Crippen molar-refractivity contribution in [1.82, 2.24) is 0 Å². The van der Waals surface area contributed by atoms with Crippen molar-refractivity contribution in [3.63, 3.8) is 0 Å². The van der Waals surface area contributed by atoms with Crippen LogP contribution in [0.5, 0.6) is 23.0 Å². The van der Waals surface area contributed by atoms with Gasteiger partial charge in [0.1, 0.15) is 16.4 Å². The quantitative estimate of drug-likeness (QED) is 0.296. The highest BCUT2D eigenvalue weighted by atomic mass is 32.2. The van der Waals surface area contributed by atoms with Crippen molar-refractivity contribution in [2.45, 2.75) is 4.90 Å². The Morgan fingerprint density at radius 2 is 1.50 bits per heavy atom. The SMILES string of the molecule is O=S(=O)(O)c1cc(O)cc2c(O)cc(O)c(O)c12. The van der Waals surface area contributed by atoms with Gasteiger partial charge in [0.15, 0.2) is 11.5 Å². The number of phenolic OH excluding ortho intramolecular Hbond substituents is 4. The van der Waals surface area contributed by atoms with Gasteiger partial charge in [0.25, 0.3) is 10.1 Å². The van der Waals surface area contributed by atoms with Crippen LogP contribution in [-0.2, 0) is 10.1 Å². The van der Waals surface area contributed by atoms with Crippen LogP contribution in [0.1, 0.15) is 0 Å². The molecule has 0 aliphatic rings. The number of benzene rings is 2. The highest BCUT2D eigenvalue weighted by molar-refractivity contribution is 7.86. The van der Waals surface area contributed by atoms with Crippen molar-refractivity contribution in [2.24, 2.45) is 0 Å². The summed E-state index contributed by atoms with van der Waals surface area (Å²) in [6, 6.07) is 2.46. The van der Waals surface area contributed by atoms with Crippen molar-refractivity contribution in [3.05, 3.63) is 18.2 Å². The molecule has 8 heteroatoms. The lowest BCUT2D eigenvalue weighted by Gasteiger charge is -2.10. The maximum Gasteiger partial charge on any atom is 0.295 e. The first-order chi connectivity index (χ1) is 8.21. The summed E-state index contributed by atoms with van der Waals surface area (Å²) in [6.07, 6.45) is 0. The molecule has 18 heavy (non-hydrogen) atoms. The summed E-state index contributed by atoms with van der Waals surface area (Å²) in [7, 11) is -4.75. The molecule has 0 saturated heterocycles. The van der Waals surface area contributed by atoms with Crippen LogP contribution in [0.25, 0.3) is 10.8 Å². The maximum absolute atomic E-state index is 11.1. The molecule has 0 aromatic heterocycles. The molecule has 0 heterocycles. The summed E-state index contributed by atoms with van der Waals surface area (Å²) in [5.74, 6) is -2.66. The molecule has 2 aromatic carbocycles. The van der Waals surface area contributed by atoms with E-state index in [4.69, 9.17) is 4.55 Å². The van der Waals surface area contributed by atoms with Gasteiger partial charge in [-0.25, -0.2) is 0 Å². The van der Waals surface area contributed by atoms with E-state index in [1.54, 1.807) is 0 Å². The van der Waals surface area contributed by atoms with Crippen LogP contribution < -0.4 is 0 Å². The van der Waals surface area contributed by atoms with Crippen molar-refractivity contribution >= 4 is 20.9 Å². The molecule has 0 aliphatic heterocycles. The second kappa shape index (κ2) is 3.65. The molecule has 0 aliphatic carbocycles. The predicted molar refractivity (Wildman–Crippen MR) is 60.4 cm³/mol. The van der Waals surface area contributed by atoms with Crippen LogP contribution in [-0.4, -0.2) is 33.4 Å². The van der Waals surface area contributed by atoms with Gasteiger partial charge in [0, 0.05) is 17.5 Å². The number of fused-ring (bicyclic) bond motifs is 1. The molecule has 5 N–H and O–H groups in total. The highest BCUT2D eigenvalue weighted by Gasteiger charge is 2.22. The molecule has 0 saturated carbocycles. The van der Waals surface area contributed by atoms with Crippen LogP contribution in [0.4, 0.5) is 0 Å². The number of aromatic hydroxyl groups is 4. The van der Waals surface area contributed by atoms with Gasteiger partial charge >= 0.3 is 0 Å². The smallest absolute Gasteiger partial charge is 0.295 e. The van der Waals surface area contributed by atoms with E-state index in [1.165, 1.54) is 0 Å². The van der Waals surface area contributed by atoms with E-state index < -0.39 is 43.4 Å². The molecule has 2 rings (SSSR count). The summed E-state index contributed by atoms with van der Waals surface area (Å²) in [6.45, 7) is 0. The third-order valence-corrected chi connectivity index (χ3v) is 3.27. The highest BCUT2D eigenvalue weighted by Crippen LogP contribution is 2.43. The van der Waals surface area contributed by atoms with Crippen LogP contribution >= 0.6 is 0 Å². The Morgan fingerprint density at radius 1 is 0.889 bits per heavy atom. The number of hydrogen-bond donors (Lipinski definition) is 5. The summed E-state index contributed by atoms with van der Waals surface area (Å²) < 4.78 is 31.3. The zero-order valence-corrected chi connectivity index (χ0v) is 9.51. The number of rotatable bonds is 1. The van der Waals surface area contributed by atoms with Crippen LogP contribution in [0, 0.1) is 0 Å². The van der Waals surface area contributed by atoms with Gasteiger partial charge in [0.2, 0.25) is 0 Å². The fraction of sp³-hybridized carbons (Fsp3) is 0. The molecule has 0 spiro atoms. The lowest BCUT2D eigenvalue weighted by Crippen LogP contribution is -1.99. The fourth-order valence-electron chi connectivity index (χ4n) is 1.65. The van der Waals surface area contributed by atoms with Gasteiger partial charge in [-0.1, -0.05) is 0 Å². The molecule has 0 bridgehead atoms. The third-order valence-electron chi connectivity index (χ3n) is 2.39. The van der Waals surface area contributed by atoms with Gasteiger partial charge in [-0.3, -0.25) is 4.55 Å². The van der Waals surface area contributed by atoms with Crippen LogP contribution in [0.2, 0.25) is 0 Å². The zero-order valence-electron chi connectivity index (χ0n) is 8.69. The zero-order chi connectivity index (χ0) is 13.7. The van der Waals surface area contributed by atoms with Gasteiger partial charge in [-0.05, 0) is 6.07 Å². The minimum Gasteiger partial charge on any atom is -0.508 e. The molecular weight excluding hydrogens is 264 g/mol. The van der Waals surface area contributed by atoms with Gasteiger partial charge in [-0.15, -0.1) is 0 Å². The van der Waals surface area contributed by atoms with E-state index in [0.29, 0.717) is 6.07 Å². The molecule has 0 fully saturated rings. The summed E-state index contributed by atoms with van der Waals surface area (Å²) >= 11 is 0. The number of phenols is 4. The topological polar surface area (TPSA) is 135 Å². The van der Waals surface area contributed by atoms with E-state index in [9.17, 15) is 28.8 Å². The van der Waals surface area contributed by atoms with Crippen LogP contribution in [0.3, 0.4) is 0 Å². The van der Waals surface area contributed by atoms with E-state index >= 15 is 0 Å². The standard InChI is InChI=1S/C10H8O7S/c11-4-1-5-6(12)3-7(13)10(14)9(5)8(2-4)18(15,16)17/h1-3,11-14H,(H,15,16,17). The van der Waals surface area contributed by atoms with E-state index in [0.717, 1.165) is 12.1 Å².